The molecule has 0 bridgehead atoms. The Morgan fingerprint density at radius 1 is 0.774 bits per heavy atom. The summed E-state index contributed by atoms with van der Waals surface area (Å²) >= 11 is 0. The van der Waals surface area contributed by atoms with Gasteiger partial charge in [-0.2, -0.15) is 0 Å². The molecule has 2 fully saturated rings. The van der Waals surface area contributed by atoms with Crippen LogP contribution < -0.4 is 9.47 Å². The fraction of sp³-hybridized carbons (Fsp3) is 0.750. The first-order valence-corrected chi connectivity index (χ1v) is 13.1. The third kappa shape index (κ3) is 7.84. The SMILES string of the molecule is CCCCCOc1ccc(OC(=O)C2CCC(C3CCC(CCCC)CC3)CC2)cc1. The molecule has 2 saturated carbocycles. The molecule has 0 saturated heterocycles. The van der Waals surface area contributed by atoms with Crippen molar-refractivity contribution in [3.63, 3.8) is 0 Å². The Bertz CT molecular complexity index is 622. The van der Waals surface area contributed by atoms with Crippen LogP contribution in [0.3, 0.4) is 0 Å². The highest BCUT2D eigenvalue weighted by atomic mass is 16.5. The molecule has 0 aliphatic heterocycles. The average Bonchev–Trinajstić information content (AvgIpc) is 2.82. The Morgan fingerprint density at radius 3 is 1.97 bits per heavy atom. The quantitative estimate of drug-likeness (QED) is 0.204. The van der Waals surface area contributed by atoms with Crippen LogP contribution in [-0.4, -0.2) is 12.6 Å². The largest absolute Gasteiger partial charge is 0.494 e. The van der Waals surface area contributed by atoms with Crippen LogP contribution >= 0.6 is 0 Å². The zero-order valence-electron chi connectivity index (χ0n) is 20.0. The second-order valence-corrected chi connectivity index (χ2v) is 9.98. The van der Waals surface area contributed by atoms with Crippen LogP contribution in [0.4, 0.5) is 0 Å². The van der Waals surface area contributed by atoms with Crippen LogP contribution in [0.5, 0.6) is 11.5 Å². The standard InChI is InChI=1S/C28H44O3/c1-3-5-7-21-30-26-17-19-27(20-18-26)31-28(29)25-15-13-24(14-16-25)23-11-9-22(10-12-23)8-6-4-2/h17-20,22-25H,3-16,21H2,1-2H3. The van der Waals surface area contributed by atoms with Gasteiger partial charge in [-0.05, 0) is 87.0 Å². The van der Waals surface area contributed by atoms with Crippen molar-refractivity contribution in [3.05, 3.63) is 24.3 Å². The summed E-state index contributed by atoms with van der Waals surface area (Å²) in [6, 6.07) is 7.52. The third-order valence-electron chi connectivity index (χ3n) is 7.69. The Labute approximate surface area is 190 Å². The van der Waals surface area contributed by atoms with Crippen molar-refractivity contribution in [1.82, 2.24) is 0 Å². The van der Waals surface area contributed by atoms with Gasteiger partial charge in [-0.15, -0.1) is 0 Å². The maximum absolute atomic E-state index is 12.7. The number of carbonyl (C=O) groups excluding carboxylic acids is 1. The summed E-state index contributed by atoms with van der Waals surface area (Å²) in [6.07, 6.45) is 17.7. The summed E-state index contributed by atoms with van der Waals surface area (Å²) in [4.78, 5) is 12.7. The van der Waals surface area contributed by atoms with E-state index in [2.05, 4.69) is 13.8 Å². The van der Waals surface area contributed by atoms with Gasteiger partial charge in [-0.25, -0.2) is 0 Å². The molecule has 0 atom stereocenters. The number of hydrogen-bond acceptors (Lipinski definition) is 3. The van der Waals surface area contributed by atoms with E-state index in [1.165, 1.54) is 70.6 Å². The number of hydrogen-bond donors (Lipinski definition) is 0. The molecule has 174 valence electrons. The van der Waals surface area contributed by atoms with Gasteiger partial charge in [0, 0.05) is 0 Å². The monoisotopic (exact) mass is 428 g/mol. The van der Waals surface area contributed by atoms with E-state index >= 15 is 0 Å². The van der Waals surface area contributed by atoms with Crippen LogP contribution in [0.2, 0.25) is 0 Å². The van der Waals surface area contributed by atoms with Gasteiger partial charge in [0.15, 0.2) is 0 Å². The molecular formula is C28H44O3. The van der Waals surface area contributed by atoms with E-state index in [4.69, 9.17) is 9.47 Å². The Balaban J connectivity index is 1.35. The summed E-state index contributed by atoms with van der Waals surface area (Å²) in [5, 5.41) is 0. The maximum Gasteiger partial charge on any atom is 0.314 e. The van der Waals surface area contributed by atoms with Gasteiger partial charge in [0.25, 0.3) is 0 Å². The second-order valence-electron chi connectivity index (χ2n) is 9.98. The van der Waals surface area contributed by atoms with E-state index in [0.717, 1.165) is 49.4 Å². The van der Waals surface area contributed by atoms with Crippen molar-refractivity contribution in [2.75, 3.05) is 6.61 Å². The van der Waals surface area contributed by atoms with Crippen LogP contribution in [0.1, 0.15) is 104 Å². The highest BCUT2D eigenvalue weighted by molar-refractivity contribution is 5.75. The molecule has 2 aliphatic rings. The summed E-state index contributed by atoms with van der Waals surface area (Å²) in [5.41, 5.74) is 0. The molecule has 31 heavy (non-hydrogen) atoms. The minimum absolute atomic E-state index is 0.0432. The zero-order valence-corrected chi connectivity index (χ0v) is 20.0. The minimum atomic E-state index is -0.0432. The molecule has 0 radical (unpaired) electrons. The number of ether oxygens (including phenoxy) is 2. The highest BCUT2D eigenvalue weighted by Gasteiger charge is 2.33. The zero-order chi connectivity index (χ0) is 21.9. The third-order valence-corrected chi connectivity index (χ3v) is 7.69. The first-order chi connectivity index (χ1) is 15.2. The number of carbonyl (C=O) groups is 1. The van der Waals surface area contributed by atoms with Crippen molar-refractivity contribution < 1.29 is 14.3 Å². The van der Waals surface area contributed by atoms with Crippen molar-refractivity contribution in [1.29, 1.82) is 0 Å². The predicted octanol–water partition coefficient (Wildman–Crippen LogP) is 7.96. The maximum atomic E-state index is 12.7. The fourth-order valence-electron chi connectivity index (χ4n) is 5.61. The lowest BCUT2D eigenvalue weighted by Crippen LogP contribution is -2.30. The summed E-state index contributed by atoms with van der Waals surface area (Å²) in [5.74, 6) is 4.23. The molecule has 0 aromatic heterocycles. The van der Waals surface area contributed by atoms with Gasteiger partial charge < -0.3 is 9.47 Å². The van der Waals surface area contributed by atoms with Crippen LogP contribution in [0, 0.1) is 23.7 Å². The van der Waals surface area contributed by atoms with Gasteiger partial charge in [0.2, 0.25) is 0 Å². The van der Waals surface area contributed by atoms with Gasteiger partial charge in [0.05, 0.1) is 12.5 Å². The van der Waals surface area contributed by atoms with Gasteiger partial charge in [0.1, 0.15) is 11.5 Å². The Kier molecular flexibility index (Phi) is 10.2. The van der Waals surface area contributed by atoms with Gasteiger partial charge in [-0.1, -0.05) is 58.8 Å². The van der Waals surface area contributed by atoms with Gasteiger partial charge >= 0.3 is 5.97 Å². The molecule has 0 amide bonds. The second kappa shape index (κ2) is 13.1. The van der Waals surface area contributed by atoms with Crippen molar-refractivity contribution in [2.24, 2.45) is 23.7 Å². The molecular weight excluding hydrogens is 384 g/mol. The fourth-order valence-corrected chi connectivity index (χ4v) is 5.61. The summed E-state index contributed by atoms with van der Waals surface area (Å²) in [6.45, 7) is 5.24. The lowest BCUT2D eigenvalue weighted by molar-refractivity contribution is -0.140. The van der Waals surface area contributed by atoms with E-state index in [-0.39, 0.29) is 11.9 Å². The summed E-state index contributed by atoms with van der Waals surface area (Å²) < 4.78 is 11.4. The number of esters is 1. The van der Waals surface area contributed by atoms with E-state index in [9.17, 15) is 4.79 Å². The van der Waals surface area contributed by atoms with Crippen LogP contribution in [0.15, 0.2) is 24.3 Å². The molecule has 0 N–H and O–H groups in total. The highest BCUT2D eigenvalue weighted by Crippen LogP contribution is 2.42. The smallest absolute Gasteiger partial charge is 0.314 e. The van der Waals surface area contributed by atoms with Crippen molar-refractivity contribution in [2.45, 2.75) is 104 Å². The minimum Gasteiger partial charge on any atom is -0.494 e. The van der Waals surface area contributed by atoms with E-state index in [1.54, 1.807) is 0 Å². The molecule has 2 aliphatic carbocycles. The van der Waals surface area contributed by atoms with Crippen LogP contribution in [-0.2, 0) is 4.79 Å². The average molecular weight is 429 g/mol. The topological polar surface area (TPSA) is 35.5 Å². The number of benzene rings is 1. The molecule has 3 rings (SSSR count). The molecule has 1 aromatic rings. The lowest BCUT2D eigenvalue weighted by atomic mass is 9.68. The number of rotatable bonds is 11. The molecule has 0 unspecified atom stereocenters. The van der Waals surface area contributed by atoms with Crippen molar-refractivity contribution in [3.8, 4) is 11.5 Å². The number of unbranched alkanes of at least 4 members (excludes halogenated alkanes) is 3. The Morgan fingerprint density at radius 2 is 1.35 bits per heavy atom. The molecule has 1 aromatic carbocycles. The predicted molar refractivity (Wildman–Crippen MR) is 128 cm³/mol. The van der Waals surface area contributed by atoms with E-state index in [0.29, 0.717) is 5.75 Å². The first kappa shape index (κ1) is 24.1. The molecule has 3 heteroatoms. The normalized spacial score (nSPS) is 26.4. The van der Waals surface area contributed by atoms with Gasteiger partial charge in [-0.3, -0.25) is 4.79 Å². The van der Waals surface area contributed by atoms with E-state index < -0.39 is 0 Å². The van der Waals surface area contributed by atoms with Crippen LogP contribution in [0.25, 0.3) is 0 Å². The molecule has 0 heterocycles. The first-order valence-electron chi connectivity index (χ1n) is 13.1. The van der Waals surface area contributed by atoms with E-state index in [1.807, 2.05) is 24.3 Å². The lowest BCUT2D eigenvalue weighted by Gasteiger charge is -2.37. The molecule has 0 spiro atoms. The summed E-state index contributed by atoms with van der Waals surface area (Å²) in [7, 11) is 0. The van der Waals surface area contributed by atoms with Crippen molar-refractivity contribution >= 4 is 5.97 Å². The molecule has 3 nitrogen and oxygen atoms in total. The Hall–Kier alpha value is -1.51.